The Morgan fingerprint density at radius 3 is 0.860 bits per heavy atom. The van der Waals surface area contributed by atoms with Crippen LogP contribution in [0, 0.1) is 0 Å². The lowest BCUT2D eigenvalue weighted by molar-refractivity contribution is -0.929. The molecule has 0 aromatic rings. The summed E-state index contributed by atoms with van der Waals surface area (Å²) in [6, 6.07) is 0. The van der Waals surface area contributed by atoms with E-state index in [1.54, 1.807) is 0 Å². The van der Waals surface area contributed by atoms with E-state index in [4.69, 9.17) is 0 Å². The summed E-state index contributed by atoms with van der Waals surface area (Å²) < 4.78 is 1.46. The van der Waals surface area contributed by atoms with Crippen LogP contribution in [0.5, 0.6) is 0 Å². The second-order valence-corrected chi connectivity index (χ2v) is 17.9. The highest BCUT2D eigenvalue weighted by atomic mass is 35.5. The van der Waals surface area contributed by atoms with E-state index in [1.165, 1.54) is 197 Å². The van der Waals surface area contributed by atoms with Gasteiger partial charge in [0, 0.05) is 7.26 Å². The van der Waals surface area contributed by atoms with Crippen LogP contribution in [0.2, 0.25) is 0 Å². The van der Waals surface area contributed by atoms with E-state index in [1.807, 2.05) is 0 Å². The zero-order valence-corrected chi connectivity index (χ0v) is 33.6. The molecule has 0 N–H and O–H groups in total. The summed E-state index contributed by atoms with van der Waals surface area (Å²) in [5.74, 6) is 0. The third kappa shape index (κ3) is 31.1. The number of hydrogen-bond acceptors (Lipinski definition) is 0. The highest BCUT2D eigenvalue weighted by Crippen LogP contribution is 2.60. The van der Waals surface area contributed by atoms with Gasteiger partial charge in [-0.25, -0.2) is 0 Å². The van der Waals surface area contributed by atoms with Crippen molar-refractivity contribution in [1.82, 2.24) is 0 Å². The molecule has 0 saturated heterocycles. The molecule has 0 unspecified atom stereocenters. The van der Waals surface area contributed by atoms with E-state index in [9.17, 15) is 0 Å². The summed E-state index contributed by atoms with van der Waals surface area (Å²) in [6.07, 6.45) is 39.4. The van der Waals surface area contributed by atoms with Gasteiger partial charge in [0.25, 0.3) is 0 Å². The molecule has 43 heavy (non-hydrogen) atoms. The molecule has 0 atom stereocenters. The van der Waals surface area contributed by atoms with Gasteiger partial charge >= 0.3 is 0 Å². The van der Waals surface area contributed by atoms with Crippen LogP contribution in [0.4, 0.5) is 0 Å². The number of allylic oxidation sites excluding steroid dienone is 1. The minimum absolute atomic E-state index is 0. The molecule has 4 heteroatoms. The molecular weight excluding hydrogens is 584 g/mol. The van der Waals surface area contributed by atoms with E-state index in [0.29, 0.717) is 0 Å². The molecule has 0 amide bonds. The average Bonchev–Trinajstić information content (AvgIpc) is 2.99. The quantitative estimate of drug-likeness (QED) is 0.0307. The summed E-state index contributed by atoms with van der Waals surface area (Å²) in [5.41, 5.74) is 0. The smallest absolute Gasteiger partial charge is 0.0786 e. The third-order valence-corrected chi connectivity index (χ3v) is 14.2. The first kappa shape index (κ1) is 50.6. The van der Waals surface area contributed by atoms with Crippen LogP contribution in [-0.2, 0) is 0 Å². The topological polar surface area (TPSA) is 0 Å². The van der Waals surface area contributed by atoms with E-state index >= 15 is 0 Å². The van der Waals surface area contributed by atoms with Crippen molar-refractivity contribution in [2.24, 2.45) is 0 Å². The van der Waals surface area contributed by atoms with Gasteiger partial charge in [0.05, 0.1) is 50.8 Å². The molecule has 0 saturated carbocycles. The summed E-state index contributed by atoms with van der Waals surface area (Å²) in [7, 11) is -0.664. The van der Waals surface area contributed by atoms with Crippen molar-refractivity contribution < 1.29 is 29.3 Å². The van der Waals surface area contributed by atoms with Gasteiger partial charge in [-0.05, 0) is 70.6 Å². The van der Waals surface area contributed by atoms with Crippen molar-refractivity contribution in [3.05, 3.63) is 12.7 Å². The molecular formula is C39H84Cl2NP. The SMILES string of the molecule is C=CC[P+](CCCC)(CCCC)CCCC.CCCCCC[N+](CCCCCC)(CCCCCC)CCCCCC.[Cl-].[Cl-]. The Hall–Kier alpha value is 0.710. The van der Waals surface area contributed by atoms with E-state index < -0.39 is 7.26 Å². The van der Waals surface area contributed by atoms with E-state index in [0.717, 1.165) is 0 Å². The molecule has 0 aliphatic carbocycles. The maximum Gasteiger partial charge on any atom is 0.0786 e. The normalized spacial score (nSPS) is 11.3. The molecule has 0 aliphatic rings. The van der Waals surface area contributed by atoms with Gasteiger partial charge in [-0.2, -0.15) is 0 Å². The highest BCUT2D eigenvalue weighted by Gasteiger charge is 2.33. The molecule has 1 nitrogen and oxygen atoms in total. The lowest BCUT2D eigenvalue weighted by Crippen LogP contribution is -3.00. The van der Waals surface area contributed by atoms with Crippen molar-refractivity contribution in [2.45, 2.75) is 190 Å². The third-order valence-electron chi connectivity index (χ3n) is 9.42. The highest BCUT2D eigenvalue weighted by molar-refractivity contribution is 7.76. The van der Waals surface area contributed by atoms with Gasteiger partial charge in [0.1, 0.15) is 0 Å². The zero-order chi connectivity index (χ0) is 30.9. The Balaban J connectivity index is -0.000000368. The standard InChI is InChI=1S/C24H52N.C15H32P.2ClH/c1-5-9-13-17-21-25(22-18-14-10-6-2,23-19-15-11-7-3)24-20-16-12-8-4;1-5-9-13-16(12-8-4,14-10-6-2)15-11-7-3;;/h5-24H2,1-4H3;8H,4-7,9-15H2,1-3H3;2*1H/q2*+1;;/p-2. The lowest BCUT2D eigenvalue weighted by atomic mass is 10.1. The number of unbranched alkanes of at least 4 members (excludes halogenated alkanes) is 15. The Labute approximate surface area is 288 Å². The average molecular weight is 669 g/mol. The first-order chi connectivity index (χ1) is 20.0. The van der Waals surface area contributed by atoms with E-state index in [-0.39, 0.29) is 24.8 Å². The number of halogens is 2. The minimum Gasteiger partial charge on any atom is -1.00 e. The summed E-state index contributed by atoms with van der Waals surface area (Å²) in [4.78, 5) is 0. The molecule has 0 aromatic carbocycles. The maximum atomic E-state index is 4.00. The van der Waals surface area contributed by atoms with Crippen molar-refractivity contribution >= 4 is 7.26 Å². The predicted molar refractivity (Wildman–Crippen MR) is 198 cm³/mol. The second kappa shape index (κ2) is 38.9. The van der Waals surface area contributed by atoms with Crippen LogP contribution in [0.3, 0.4) is 0 Å². The summed E-state index contributed by atoms with van der Waals surface area (Å²) in [5, 5.41) is 0. The number of rotatable bonds is 31. The second-order valence-electron chi connectivity index (χ2n) is 13.5. The number of hydrogen-bond donors (Lipinski definition) is 0. The molecule has 0 aromatic heterocycles. The van der Waals surface area contributed by atoms with Crippen LogP contribution in [-0.4, -0.2) is 55.3 Å². The fraction of sp³-hybridized carbons (Fsp3) is 0.949. The molecule has 0 spiro atoms. The number of quaternary nitrogens is 1. The van der Waals surface area contributed by atoms with Gasteiger partial charge in [-0.15, -0.1) is 0 Å². The van der Waals surface area contributed by atoms with Gasteiger partial charge in [-0.3, -0.25) is 0 Å². The van der Waals surface area contributed by atoms with Gasteiger partial charge < -0.3 is 29.3 Å². The Kier molecular flexibility index (Phi) is 45.7. The Bertz CT molecular complexity index is 438. The minimum atomic E-state index is -0.664. The van der Waals surface area contributed by atoms with Crippen LogP contribution >= 0.6 is 7.26 Å². The fourth-order valence-electron chi connectivity index (χ4n) is 6.53. The lowest BCUT2D eigenvalue weighted by Gasteiger charge is -2.39. The van der Waals surface area contributed by atoms with Crippen LogP contribution in [0.15, 0.2) is 12.7 Å². The van der Waals surface area contributed by atoms with Gasteiger partial charge in [0.2, 0.25) is 0 Å². The maximum absolute atomic E-state index is 4.00. The first-order valence-electron chi connectivity index (χ1n) is 19.3. The molecule has 0 radical (unpaired) electrons. The Morgan fingerprint density at radius 1 is 0.395 bits per heavy atom. The monoisotopic (exact) mass is 668 g/mol. The molecule has 0 rings (SSSR count). The van der Waals surface area contributed by atoms with Crippen molar-refractivity contribution in [3.8, 4) is 0 Å². The predicted octanol–water partition coefficient (Wildman–Crippen LogP) is 7.72. The number of nitrogens with zero attached hydrogens (tertiary/aromatic N) is 1. The van der Waals surface area contributed by atoms with Crippen molar-refractivity contribution in [2.75, 3.05) is 50.8 Å². The molecule has 0 aliphatic heterocycles. The molecule has 0 heterocycles. The van der Waals surface area contributed by atoms with Crippen LogP contribution < -0.4 is 24.8 Å². The van der Waals surface area contributed by atoms with Crippen LogP contribution in [0.1, 0.15) is 190 Å². The molecule has 0 bridgehead atoms. The molecule has 264 valence electrons. The zero-order valence-electron chi connectivity index (χ0n) is 31.1. The summed E-state index contributed by atoms with van der Waals surface area (Å²) in [6.45, 7) is 26.2. The van der Waals surface area contributed by atoms with E-state index in [2.05, 4.69) is 61.1 Å². The summed E-state index contributed by atoms with van der Waals surface area (Å²) >= 11 is 0. The van der Waals surface area contributed by atoms with Gasteiger partial charge in [0.15, 0.2) is 0 Å². The first-order valence-corrected chi connectivity index (χ1v) is 21.8. The fourth-order valence-corrected chi connectivity index (χ4v) is 11.3. The van der Waals surface area contributed by atoms with Crippen molar-refractivity contribution in [3.63, 3.8) is 0 Å². The van der Waals surface area contributed by atoms with Gasteiger partial charge in [-0.1, -0.05) is 132 Å². The Morgan fingerprint density at radius 2 is 0.651 bits per heavy atom. The van der Waals surface area contributed by atoms with Crippen LogP contribution in [0.25, 0.3) is 0 Å². The van der Waals surface area contributed by atoms with Crippen molar-refractivity contribution in [1.29, 1.82) is 0 Å². The largest absolute Gasteiger partial charge is 1.00 e. The molecule has 0 fully saturated rings.